The molecule has 0 aliphatic carbocycles. The smallest absolute Gasteiger partial charge is 0.286 e. The van der Waals surface area contributed by atoms with E-state index in [0.29, 0.717) is 34.3 Å². The Hall–Kier alpha value is -3.59. The number of nitrogens with zero attached hydrogens (tertiary/aromatic N) is 1. The second-order valence-electron chi connectivity index (χ2n) is 6.36. The van der Waals surface area contributed by atoms with E-state index in [0.717, 1.165) is 11.8 Å². The maximum absolute atomic E-state index is 12.1. The number of amidine groups is 1. The average Bonchev–Trinajstić information content (AvgIpc) is 3.06. The van der Waals surface area contributed by atoms with Crippen molar-refractivity contribution in [3.05, 3.63) is 59.0 Å². The van der Waals surface area contributed by atoms with Crippen molar-refractivity contribution in [3.63, 3.8) is 0 Å². The van der Waals surface area contributed by atoms with E-state index < -0.39 is 5.91 Å². The molecule has 3 amide bonds. The summed E-state index contributed by atoms with van der Waals surface area (Å²) in [6, 6.07) is 14.2. The van der Waals surface area contributed by atoms with Crippen LogP contribution in [0.5, 0.6) is 11.5 Å². The van der Waals surface area contributed by atoms with Crippen molar-refractivity contribution >= 4 is 46.4 Å². The summed E-state index contributed by atoms with van der Waals surface area (Å²) in [4.78, 5) is 39.5. The number of amides is 3. The van der Waals surface area contributed by atoms with Gasteiger partial charge in [0.05, 0.1) is 11.5 Å². The van der Waals surface area contributed by atoms with Crippen LogP contribution in [-0.2, 0) is 14.4 Å². The molecule has 1 heterocycles. The highest BCUT2D eigenvalue weighted by Gasteiger charge is 2.22. The minimum atomic E-state index is -0.426. The Bertz CT molecular complexity index is 1050. The standard InChI is InChI=1S/C22H21N3O5S/c1-3-29-18-11-15(12-19-21(28)25-22(31-19)23-14(2)26)9-10-17(18)30-13-20(27)24-16-7-5-4-6-8-16/h4-12H,3,13H2,1-2H3,(H,24,27)(H,23,25,26,28)/b19-12-. The van der Waals surface area contributed by atoms with Gasteiger partial charge in [0.15, 0.2) is 23.3 Å². The highest BCUT2D eigenvalue weighted by molar-refractivity contribution is 8.18. The molecule has 2 N–H and O–H groups in total. The molecule has 0 spiro atoms. The van der Waals surface area contributed by atoms with Crippen molar-refractivity contribution in [1.82, 2.24) is 5.32 Å². The molecular weight excluding hydrogens is 418 g/mol. The third-order valence-corrected chi connectivity index (χ3v) is 4.78. The van der Waals surface area contributed by atoms with E-state index in [1.807, 2.05) is 25.1 Å². The number of hydrogen-bond donors (Lipinski definition) is 2. The van der Waals surface area contributed by atoms with Gasteiger partial charge in [-0.1, -0.05) is 24.3 Å². The molecular formula is C22H21N3O5S. The summed E-state index contributed by atoms with van der Waals surface area (Å²) in [5.74, 6) is -0.160. The molecule has 0 bridgehead atoms. The van der Waals surface area contributed by atoms with Crippen LogP contribution in [0.25, 0.3) is 6.08 Å². The summed E-state index contributed by atoms with van der Waals surface area (Å²) in [5.41, 5.74) is 1.38. The fourth-order valence-electron chi connectivity index (χ4n) is 2.63. The van der Waals surface area contributed by atoms with Gasteiger partial charge in [0.25, 0.3) is 11.8 Å². The minimum Gasteiger partial charge on any atom is -0.490 e. The first-order valence-electron chi connectivity index (χ1n) is 9.49. The molecule has 1 aliphatic heterocycles. The molecule has 1 aliphatic rings. The molecule has 0 atom stereocenters. The number of nitrogens with one attached hydrogen (secondary N) is 2. The Labute approximate surface area is 183 Å². The zero-order valence-corrected chi connectivity index (χ0v) is 17.8. The predicted molar refractivity (Wildman–Crippen MR) is 120 cm³/mol. The fraction of sp³-hybridized carbons (Fsp3) is 0.182. The summed E-state index contributed by atoms with van der Waals surface area (Å²) < 4.78 is 11.3. The van der Waals surface area contributed by atoms with Crippen molar-refractivity contribution in [3.8, 4) is 11.5 Å². The van der Waals surface area contributed by atoms with Crippen molar-refractivity contribution in [1.29, 1.82) is 0 Å². The number of aliphatic imine (C=N–C) groups is 1. The molecule has 3 rings (SSSR count). The van der Waals surface area contributed by atoms with E-state index in [9.17, 15) is 14.4 Å². The van der Waals surface area contributed by atoms with Gasteiger partial charge in [0.2, 0.25) is 5.91 Å². The van der Waals surface area contributed by atoms with Crippen LogP contribution >= 0.6 is 11.8 Å². The van der Waals surface area contributed by atoms with Crippen LogP contribution in [0.3, 0.4) is 0 Å². The normalized spacial score (nSPS) is 14.2. The topological polar surface area (TPSA) is 106 Å². The van der Waals surface area contributed by atoms with Gasteiger partial charge < -0.3 is 20.1 Å². The summed E-state index contributed by atoms with van der Waals surface area (Å²) in [6.45, 7) is 3.40. The van der Waals surface area contributed by atoms with E-state index in [4.69, 9.17) is 9.47 Å². The Balaban J connectivity index is 1.67. The lowest BCUT2D eigenvalue weighted by molar-refractivity contribution is -0.118. The molecule has 2 aromatic rings. The van der Waals surface area contributed by atoms with Crippen molar-refractivity contribution < 1.29 is 23.9 Å². The van der Waals surface area contributed by atoms with E-state index in [-0.39, 0.29) is 23.6 Å². The molecule has 0 radical (unpaired) electrons. The number of anilines is 1. The highest BCUT2D eigenvalue weighted by Crippen LogP contribution is 2.32. The van der Waals surface area contributed by atoms with Crippen molar-refractivity contribution in [2.45, 2.75) is 13.8 Å². The highest BCUT2D eigenvalue weighted by atomic mass is 32.2. The molecule has 0 saturated heterocycles. The van der Waals surface area contributed by atoms with Crippen LogP contribution in [0.4, 0.5) is 5.69 Å². The Morgan fingerprint density at radius 1 is 1.06 bits per heavy atom. The summed E-state index contributed by atoms with van der Waals surface area (Å²) >= 11 is 1.09. The lowest BCUT2D eigenvalue weighted by Gasteiger charge is -2.13. The van der Waals surface area contributed by atoms with Gasteiger partial charge >= 0.3 is 0 Å². The van der Waals surface area contributed by atoms with Gasteiger partial charge in [-0.25, -0.2) is 0 Å². The number of para-hydroxylation sites is 1. The minimum absolute atomic E-state index is 0.183. The van der Waals surface area contributed by atoms with Crippen LogP contribution in [0.1, 0.15) is 19.4 Å². The second kappa shape index (κ2) is 10.4. The molecule has 2 aromatic carbocycles. The van der Waals surface area contributed by atoms with Gasteiger partial charge in [-0.05, 0) is 54.6 Å². The molecule has 8 nitrogen and oxygen atoms in total. The second-order valence-corrected chi connectivity index (χ2v) is 7.39. The van der Waals surface area contributed by atoms with Gasteiger partial charge in [0.1, 0.15) is 0 Å². The maximum Gasteiger partial charge on any atom is 0.286 e. The van der Waals surface area contributed by atoms with Crippen LogP contribution in [-0.4, -0.2) is 36.1 Å². The van der Waals surface area contributed by atoms with E-state index >= 15 is 0 Å². The zero-order chi connectivity index (χ0) is 22.2. The number of ether oxygens (including phenoxy) is 2. The van der Waals surface area contributed by atoms with Crippen LogP contribution in [0, 0.1) is 0 Å². The summed E-state index contributed by atoms with van der Waals surface area (Å²) in [7, 11) is 0. The third-order valence-electron chi connectivity index (χ3n) is 3.89. The first kappa shape index (κ1) is 22.1. The number of rotatable bonds is 7. The number of carbonyl (C=O) groups is 3. The number of hydrogen-bond acceptors (Lipinski definition) is 6. The zero-order valence-electron chi connectivity index (χ0n) is 17.0. The Kier molecular flexibility index (Phi) is 7.45. The monoisotopic (exact) mass is 439 g/mol. The average molecular weight is 439 g/mol. The Morgan fingerprint density at radius 3 is 2.55 bits per heavy atom. The molecule has 0 saturated carbocycles. The largest absolute Gasteiger partial charge is 0.490 e. The quantitative estimate of drug-likeness (QED) is 0.642. The first-order valence-corrected chi connectivity index (χ1v) is 10.3. The van der Waals surface area contributed by atoms with Gasteiger partial charge in [-0.15, -0.1) is 0 Å². The first-order chi connectivity index (χ1) is 14.9. The predicted octanol–water partition coefficient (Wildman–Crippen LogP) is 3.21. The van der Waals surface area contributed by atoms with Gasteiger partial charge in [0, 0.05) is 12.6 Å². The lowest BCUT2D eigenvalue weighted by Crippen LogP contribution is -2.23. The number of carbonyl (C=O) groups excluding carboxylic acids is 3. The van der Waals surface area contributed by atoms with Crippen LogP contribution in [0.15, 0.2) is 58.4 Å². The summed E-state index contributed by atoms with van der Waals surface area (Å²) in [6.07, 6.45) is 1.65. The van der Waals surface area contributed by atoms with Crippen molar-refractivity contribution in [2.24, 2.45) is 4.99 Å². The fourth-order valence-corrected chi connectivity index (χ4v) is 3.49. The molecule has 0 aromatic heterocycles. The summed E-state index contributed by atoms with van der Waals surface area (Å²) in [5, 5.41) is 5.50. The third kappa shape index (κ3) is 6.45. The molecule has 0 fully saturated rings. The van der Waals surface area contributed by atoms with Gasteiger partial charge in [-0.3, -0.25) is 14.4 Å². The Morgan fingerprint density at radius 2 is 1.84 bits per heavy atom. The van der Waals surface area contributed by atoms with Crippen molar-refractivity contribution in [2.75, 3.05) is 18.5 Å². The molecule has 31 heavy (non-hydrogen) atoms. The molecule has 9 heteroatoms. The van der Waals surface area contributed by atoms with Crippen LogP contribution in [0.2, 0.25) is 0 Å². The lowest BCUT2D eigenvalue weighted by atomic mass is 10.2. The van der Waals surface area contributed by atoms with E-state index in [1.165, 1.54) is 6.92 Å². The number of benzene rings is 2. The molecule has 0 unspecified atom stereocenters. The van der Waals surface area contributed by atoms with Gasteiger partial charge in [-0.2, -0.15) is 4.99 Å². The number of thioether (sulfide) groups is 1. The van der Waals surface area contributed by atoms with E-state index in [2.05, 4.69) is 15.6 Å². The maximum atomic E-state index is 12.1. The van der Waals surface area contributed by atoms with E-state index in [1.54, 1.807) is 36.4 Å². The van der Waals surface area contributed by atoms with Crippen LogP contribution < -0.4 is 20.1 Å². The molecule has 160 valence electrons. The SMILES string of the molecule is CCOc1cc(/C=C2\SC(NC(C)=O)=NC2=O)ccc1OCC(=O)Nc1ccccc1.